The molecule has 4 N–H and O–H groups in total. The van der Waals surface area contributed by atoms with Gasteiger partial charge in [-0.1, -0.05) is 6.07 Å². The van der Waals surface area contributed by atoms with Gasteiger partial charge in [-0.3, -0.25) is 19.6 Å². The van der Waals surface area contributed by atoms with Gasteiger partial charge in [0.2, 0.25) is 0 Å². The van der Waals surface area contributed by atoms with E-state index < -0.39 is 0 Å². The molecule has 8 nitrogen and oxygen atoms in total. The van der Waals surface area contributed by atoms with Gasteiger partial charge < -0.3 is 21.3 Å². The molecule has 0 fully saturated rings. The van der Waals surface area contributed by atoms with Gasteiger partial charge in [0.15, 0.2) is 0 Å². The number of hydrogen-bond donors (Lipinski definition) is 4. The first-order valence-electron chi connectivity index (χ1n) is 11.6. The van der Waals surface area contributed by atoms with Crippen LogP contribution in [-0.4, -0.2) is 49.7 Å². The van der Waals surface area contributed by atoms with E-state index >= 15 is 0 Å². The van der Waals surface area contributed by atoms with Crippen molar-refractivity contribution in [3.05, 3.63) is 94.5 Å². The summed E-state index contributed by atoms with van der Waals surface area (Å²) in [6.45, 7) is 5.01. The molecule has 0 spiro atoms. The summed E-state index contributed by atoms with van der Waals surface area (Å²) in [4.78, 5) is 34.8. The zero-order valence-corrected chi connectivity index (χ0v) is 19.4. The number of nitrogens with zero attached hydrogens (tertiary/aromatic N) is 2. The number of nitrogens with one attached hydrogen (secondary N) is 4. The number of amidine groups is 2. The molecule has 0 aromatic heterocycles. The van der Waals surface area contributed by atoms with Crippen molar-refractivity contribution >= 4 is 34.9 Å². The molecule has 0 radical (unpaired) electrons. The second-order valence-electron chi connectivity index (χ2n) is 8.36. The van der Waals surface area contributed by atoms with Crippen molar-refractivity contribution in [2.45, 2.75) is 6.92 Å². The Hall–Kier alpha value is -4.46. The van der Waals surface area contributed by atoms with E-state index in [0.29, 0.717) is 28.1 Å². The lowest BCUT2D eigenvalue weighted by Gasteiger charge is -2.13. The highest BCUT2D eigenvalue weighted by molar-refractivity contribution is 6.11. The predicted molar refractivity (Wildman–Crippen MR) is 139 cm³/mol. The highest BCUT2D eigenvalue weighted by Crippen LogP contribution is 2.19. The summed E-state index contributed by atoms with van der Waals surface area (Å²) < 4.78 is 0. The molecule has 35 heavy (non-hydrogen) atoms. The number of aliphatic imine (C=N–C) groups is 2. The van der Waals surface area contributed by atoms with E-state index in [4.69, 9.17) is 0 Å². The molecule has 0 aliphatic carbocycles. The van der Waals surface area contributed by atoms with Crippen molar-refractivity contribution in [3.8, 4) is 0 Å². The van der Waals surface area contributed by atoms with E-state index in [1.54, 1.807) is 25.1 Å². The number of amides is 2. The molecule has 0 saturated heterocycles. The lowest BCUT2D eigenvalue weighted by Crippen LogP contribution is -2.20. The van der Waals surface area contributed by atoms with Gasteiger partial charge >= 0.3 is 0 Å². The summed E-state index contributed by atoms with van der Waals surface area (Å²) in [6, 6.07) is 20.2. The van der Waals surface area contributed by atoms with E-state index in [-0.39, 0.29) is 11.8 Å². The van der Waals surface area contributed by atoms with Gasteiger partial charge in [-0.2, -0.15) is 0 Å². The minimum absolute atomic E-state index is 0.268. The zero-order valence-electron chi connectivity index (χ0n) is 19.4. The Labute approximate surface area is 203 Å². The second kappa shape index (κ2) is 9.80. The van der Waals surface area contributed by atoms with Crippen molar-refractivity contribution in [1.29, 1.82) is 0 Å². The van der Waals surface area contributed by atoms with Crippen LogP contribution in [0.15, 0.2) is 76.7 Å². The van der Waals surface area contributed by atoms with Crippen LogP contribution in [0.3, 0.4) is 0 Å². The minimum atomic E-state index is -0.268. The number of carbonyl (C=O) groups excluding carboxylic acids is 2. The molecule has 8 heteroatoms. The molecule has 0 saturated carbocycles. The normalized spacial score (nSPS) is 14.4. The number of anilines is 2. The van der Waals surface area contributed by atoms with E-state index in [9.17, 15) is 9.59 Å². The number of hydrogen-bond acceptors (Lipinski definition) is 6. The second-order valence-corrected chi connectivity index (χ2v) is 8.36. The van der Waals surface area contributed by atoms with Gasteiger partial charge in [-0.05, 0) is 73.2 Å². The van der Waals surface area contributed by atoms with Crippen molar-refractivity contribution in [2.24, 2.45) is 9.98 Å². The Morgan fingerprint density at radius 1 is 0.686 bits per heavy atom. The molecule has 2 aliphatic heterocycles. The molecule has 3 aromatic carbocycles. The first kappa shape index (κ1) is 22.3. The van der Waals surface area contributed by atoms with Crippen molar-refractivity contribution in [1.82, 2.24) is 10.6 Å². The molecular formula is C27H26N6O2. The molecule has 0 unspecified atom stereocenters. The van der Waals surface area contributed by atoms with E-state index in [1.165, 1.54) is 0 Å². The van der Waals surface area contributed by atoms with E-state index in [0.717, 1.165) is 49.0 Å². The molecule has 0 bridgehead atoms. The average Bonchev–Trinajstić information content (AvgIpc) is 3.60. The highest BCUT2D eigenvalue weighted by Gasteiger charge is 2.17. The van der Waals surface area contributed by atoms with Gasteiger partial charge in [-0.15, -0.1) is 0 Å². The third kappa shape index (κ3) is 4.91. The molecule has 2 aliphatic rings. The van der Waals surface area contributed by atoms with Crippen LogP contribution in [0.25, 0.3) is 0 Å². The van der Waals surface area contributed by atoms with Crippen LogP contribution >= 0.6 is 0 Å². The zero-order chi connectivity index (χ0) is 24.2. The molecule has 5 rings (SSSR count). The summed E-state index contributed by atoms with van der Waals surface area (Å²) in [5.74, 6) is 1.21. The van der Waals surface area contributed by atoms with Crippen LogP contribution in [0.2, 0.25) is 0 Å². The lowest BCUT2D eigenvalue weighted by atomic mass is 10.0. The van der Waals surface area contributed by atoms with Crippen molar-refractivity contribution in [2.75, 3.05) is 36.8 Å². The Balaban J connectivity index is 1.27. The van der Waals surface area contributed by atoms with E-state index in [2.05, 4.69) is 31.3 Å². The van der Waals surface area contributed by atoms with Crippen LogP contribution in [0, 0.1) is 6.92 Å². The maximum atomic E-state index is 13.0. The molecular weight excluding hydrogens is 440 g/mol. The SMILES string of the molecule is Cc1c(C(=O)Nc2ccc(C3=NCCN3)cc2)cccc1C(=O)Nc1ccc(C2=NCCN2)cc1. The van der Waals surface area contributed by atoms with Gasteiger partial charge in [0.05, 0.1) is 13.1 Å². The fraction of sp³-hybridized carbons (Fsp3) is 0.185. The number of benzene rings is 3. The van der Waals surface area contributed by atoms with Gasteiger partial charge in [0.1, 0.15) is 11.7 Å². The summed E-state index contributed by atoms with van der Waals surface area (Å²) in [5, 5.41) is 12.3. The van der Waals surface area contributed by atoms with E-state index in [1.807, 2.05) is 48.5 Å². The summed E-state index contributed by atoms with van der Waals surface area (Å²) >= 11 is 0. The Bertz CT molecular complexity index is 1230. The number of rotatable bonds is 6. The fourth-order valence-corrected chi connectivity index (χ4v) is 4.13. The minimum Gasteiger partial charge on any atom is -0.368 e. The molecule has 2 amide bonds. The topological polar surface area (TPSA) is 107 Å². The summed E-state index contributed by atoms with van der Waals surface area (Å²) in [7, 11) is 0. The van der Waals surface area contributed by atoms with Gasteiger partial charge in [0, 0.05) is 46.7 Å². The Kier molecular flexibility index (Phi) is 6.26. The number of carbonyl (C=O) groups is 2. The third-order valence-corrected chi connectivity index (χ3v) is 6.00. The van der Waals surface area contributed by atoms with Crippen molar-refractivity contribution < 1.29 is 9.59 Å². The monoisotopic (exact) mass is 466 g/mol. The molecule has 3 aromatic rings. The maximum absolute atomic E-state index is 13.0. The summed E-state index contributed by atoms with van der Waals surface area (Å²) in [5.41, 5.74) is 4.83. The first-order valence-corrected chi connectivity index (χ1v) is 11.6. The largest absolute Gasteiger partial charge is 0.368 e. The van der Waals surface area contributed by atoms with Crippen LogP contribution in [0.1, 0.15) is 37.4 Å². The van der Waals surface area contributed by atoms with Gasteiger partial charge in [0.25, 0.3) is 11.8 Å². The lowest BCUT2D eigenvalue weighted by molar-refractivity contribution is 0.102. The highest BCUT2D eigenvalue weighted by atomic mass is 16.2. The Morgan fingerprint density at radius 2 is 1.11 bits per heavy atom. The first-order chi connectivity index (χ1) is 17.1. The molecule has 176 valence electrons. The molecule has 0 atom stereocenters. The van der Waals surface area contributed by atoms with Crippen molar-refractivity contribution in [3.63, 3.8) is 0 Å². The summed E-state index contributed by atoms with van der Waals surface area (Å²) in [6.07, 6.45) is 0. The Morgan fingerprint density at radius 3 is 1.49 bits per heavy atom. The third-order valence-electron chi connectivity index (χ3n) is 6.00. The predicted octanol–water partition coefficient (Wildman–Crippen LogP) is 3.20. The average molecular weight is 467 g/mol. The quantitative estimate of drug-likeness (QED) is 0.448. The van der Waals surface area contributed by atoms with Crippen LogP contribution in [0.4, 0.5) is 11.4 Å². The van der Waals surface area contributed by atoms with Gasteiger partial charge in [-0.25, -0.2) is 0 Å². The fourth-order valence-electron chi connectivity index (χ4n) is 4.13. The molecule has 2 heterocycles. The smallest absolute Gasteiger partial charge is 0.255 e. The standard InChI is InChI=1S/C27H26N6O2/c1-17-22(26(34)32-20-9-5-18(6-10-20)24-28-13-14-29-24)3-2-4-23(17)27(35)33-21-11-7-19(8-12-21)25-30-15-16-31-25/h2-12H,13-16H2,1H3,(H,28,29)(H,30,31)(H,32,34)(H,33,35). The van der Waals surface area contributed by atoms with Crippen LogP contribution in [0.5, 0.6) is 0 Å². The van der Waals surface area contributed by atoms with Crippen LogP contribution in [-0.2, 0) is 0 Å². The van der Waals surface area contributed by atoms with Crippen LogP contribution < -0.4 is 21.3 Å². The maximum Gasteiger partial charge on any atom is 0.255 e.